The van der Waals surface area contributed by atoms with E-state index in [0.29, 0.717) is 6.42 Å². The summed E-state index contributed by atoms with van der Waals surface area (Å²) in [5, 5.41) is 22.9. The molecule has 3 N–H and O–H groups in total. The van der Waals surface area contributed by atoms with Crippen LogP contribution in [0.15, 0.2) is 72.9 Å². The Bertz CT molecular complexity index is 899. The van der Waals surface area contributed by atoms with E-state index in [9.17, 15) is 15.0 Å². The Morgan fingerprint density at radius 1 is 0.471 bits per heavy atom. The number of allylic oxidation sites excluding steroid dienone is 11. The summed E-state index contributed by atoms with van der Waals surface area (Å²) in [7, 11) is 0. The van der Waals surface area contributed by atoms with Gasteiger partial charge in [0.2, 0.25) is 5.91 Å². The molecule has 0 spiro atoms. The molecule has 4 nitrogen and oxygen atoms in total. The van der Waals surface area contributed by atoms with Gasteiger partial charge in [0.15, 0.2) is 0 Å². The number of unbranched alkanes of at least 4 members (excludes halogenated alkanes) is 21. The summed E-state index contributed by atoms with van der Waals surface area (Å²) in [6.45, 7) is 4.25. The first-order chi connectivity index (χ1) is 25.2. The molecule has 0 bridgehead atoms. The second-order valence-corrected chi connectivity index (χ2v) is 14.4. The number of hydrogen-bond donors (Lipinski definition) is 3. The Kier molecular flexibility index (Phi) is 40.4. The highest BCUT2D eigenvalue weighted by molar-refractivity contribution is 5.76. The summed E-state index contributed by atoms with van der Waals surface area (Å²) in [4.78, 5) is 12.4. The molecule has 4 heteroatoms. The van der Waals surface area contributed by atoms with Crippen molar-refractivity contribution in [3.8, 4) is 0 Å². The molecule has 0 fully saturated rings. The topological polar surface area (TPSA) is 69.6 Å². The number of aliphatic hydroxyl groups excluding tert-OH is 2. The highest BCUT2D eigenvalue weighted by atomic mass is 16.3. The molecule has 0 aliphatic heterocycles. The lowest BCUT2D eigenvalue weighted by Crippen LogP contribution is -2.45. The quantitative estimate of drug-likeness (QED) is 0.0441. The van der Waals surface area contributed by atoms with Gasteiger partial charge >= 0.3 is 0 Å². The van der Waals surface area contributed by atoms with Crippen molar-refractivity contribution < 1.29 is 15.0 Å². The molecule has 2 unspecified atom stereocenters. The smallest absolute Gasteiger partial charge is 0.220 e. The molecule has 0 aliphatic carbocycles. The van der Waals surface area contributed by atoms with Crippen LogP contribution in [-0.2, 0) is 4.79 Å². The fourth-order valence-electron chi connectivity index (χ4n) is 6.04. The third-order valence-electron chi connectivity index (χ3n) is 9.39. The van der Waals surface area contributed by atoms with E-state index in [1.54, 1.807) is 6.08 Å². The average molecular weight is 710 g/mol. The highest BCUT2D eigenvalue weighted by Gasteiger charge is 2.17. The zero-order chi connectivity index (χ0) is 37.1. The fraction of sp³-hybridized carbons (Fsp3) is 0.723. The lowest BCUT2D eigenvalue weighted by atomic mass is 10.0. The number of carbonyl (C=O) groups excluding carboxylic acids is 1. The minimum atomic E-state index is -0.874. The largest absolute Gasteiger partial charge is 0.394 e. The zero-order valence-electron chi connectivity index (χ0n) is 33.6. The van der Waals surface area contributed by atoms with Gasteiger partial charge in [0.1, 0.15) is 0 Å². The Morgan fingerprint density at radius 2 is 0.824 bits per heavy atom. The molecule has 294 valence electrons. The third-order valence-corrected chi connectivity index (χ3v) is 9.39. The molecular formula is C47H83NO3. The summed E-state index contributed by atoms with van der Waals surface area (Å²) in [6, 6.07) is -0.650. The Balaban J connectivity index is 3.64. The van der Waals surface area contributed by atoms with Crippen LogP contribution >= 0.6 is 0 Å². The summed E-state index contributed by atoms with van der Waals surface area (Å²) in [5.74, 6) is -0.0859. The van der Waals surface area contributed by atoms with Crippen LogP contribution < -0.4 is 5.32 Å². The zero-order valence-corrected chi connectivity index (χ0v) is 33.6. The molecule has 0 aromatic rings. The molecule has 0 aromatic carbocycles. The molecule has 0 aromatic heterocycles. The van der Waals surface area contributed by atoms with Crippen LogP contribution in [0.3, 0.4) is 0 Å². The minimum absolute atomic E-state index is 0.0859. The van der Waals surface area contributed by atoms with E-state index in [2.05, 4.69) is 79.9 Å². The summed E-state index contributed by atoms with van der Waals surface area (Å²) >= 11 is 0. The van der Waals surface area contributed by atoms with Crippen molar-refractivity contribution in [3.05, 3.63) is 72.9 Å². The van der Waals surface area contributed by atoms with Crippen LogP contribution in [-0.4, -0.2) is 34.9 Å². The average Bonchev–Trinajstić information content (AvgIpc) is 3.13. The van der Waals surface area contributed by atoms with E-state index in [0.717, 1.165) is 51.4 Å². The van der Waals surface area contributed by atoms with Gasteiger partial charge in [0, 0.05) is 6.42 Å². The van der Waals surface area contributed by atoms with Crippen molar-refractivity contribution in [3.63, 3.8) is 0 Å². The Hall–Kier alpha value is -2.17. The van der Waals surface area contributed by atoms with Crippen molar-refractivity contribution in [2.45, 2.75) is 212 Å². The van der Waals surface area contributed by atoms with Gasteiger partial charge in [-0.15, -0.1) is 0 Å². The number of aliphatic hydroxyl groups is 2. The standard InChI is InChI=1S/C47H83NO3/c1-3-5-7-9-11-13-15-17-19-20-21-22-23-24-25-26-27-28-29-31-33-35-37-39-41-43-47(51)48-45(44-49)46(50)42-40-38-36-34-32-30-18-16-14-12-10-8-6-4-2/h14-17,20-21,23-24,32,34,40,42,45-46,49-50H,3-13,18-19,22,25-31,33,35-39,41,43-44H2,1-2H3,(H,48,51)/b16-14+,17-15-,21-20-,24-23-,34-32+,42-40+. The summed E-state index contributed by atoms with van der Waals surface area (Å²) < 4.78 is 0. The predicted octanol–water partition coefficient (Wildman–Crippen LogP) is 13.5. The van der Waals surface area contributed by atoms with Gasteiger partial charge in [0.05, 0.1) is 18.8 Å². The van der Waals surface area contributed by atoms with Crippen LogP contribution in [0.5, 0.6) is 0 Å². The van der Waals surface area contributed by atoms with Gasteiger partial charge in [-0.1, -0.05) is 183 Å². The van der Waals surface area contributed by atoms with E-state index in [-0.39, 0.29) is 12.5 Å². The predicted molar refractivity (Wildman–Crippen MR) is 225 cm³/mol. The van der Waals surface area contributed by atoms with Crippen molar-refractivity contribution >= 4 is 5.91 Å². The molecular weight excluding hydrogens is 627 g/mol. The van der Waals surface area contributed by atoms with E-state index >= 15 is 0 Å². The first-order valence-electron chi connectivity index (χ1n) is 21.7. The van der Waals surface area contributed by atoms with Gasteiger partial charge in [0.25, 0.3) is 0 Å². The molecule has 2 atom stereocenters. The van der Waals surface area contributed by atoms with Crippen molar-refractivity contribution in [2.75, 3.05) is 6.61 Å². The second kappa shape index (κ2) is 42.2. The van der Waals surface area contributed by atoms with Crippen molar-refractivity contribution in [1.29, 1.82) is 0 Å². The number of nitrogens with one attached hydrogen (secondary N) is 1. The Labute approximate surface area is 317 Å². The van der Waals surface area contributed by atoms with Crippen LogP contribution in [0, 0.1) is 0 Å². The molecule has 0 rings (SSSR count). The first-order valence-corrected chi connectivity index (χ1v) is 21.7. The normalized spacial score (nSPS) is 13.7. The van der Waals surface area contributed by atoms with Gasteiger partial charge < -0.3 is 15.5 Å². The van der Waals surface area contributed by atoms with Crippen molar-refractivity contribution in [1.82, 2.24) is 5.32 Å². The number of hydrogen-bond acceptors (Lipinski definition) is 3. The SMILES string of the molecule is CCCCCC/C=C/CC/C=C/CC/C=C/C(O)C(CO)NC(=O)CCCCCCCCCCCC/C=C\C/C=C\C/C=C\CCCCCCC. The molecule has 0 radical (unpaired) electrons. The molecule has 0 saturated carbocycles. The number of rotatable bonds is 38. The third kappa shape index (κ3) is 38.9. The maximum Gasteiger partial charge on any atom is 0.220 e. The van der Waals surface area contributed by atoms with Gasteiger partial charge in [-0.05, 0) is 83.5 Å². The van der Waals surface area contributed by atoms with E-state index < -0.39 is 12.1 Å². The number of carbonyl (C=O) groups is 1. The van der Waals surface area contributed by atoms with Crippen molar-refractivity contribution in [2.24, 2.45) is 0 Å². The van der Waals surface area contributed by atoms with E-state index in [1.807, 2.05) is 6.08 Å². The molecule has 1 amide bonds. The van der Waals surface area contributed by atoms with Crippen LogP contribution in [0.1, 0.15) is 200 Å². The van der Waals surface area contributed by atoms with Crippen LogP contribution in [0.2, 0.25) is 0 Å². The maximum atomic E-state index is 12.4. The molecule has 51 heavy (non-hydrogen) atoms. The van der Waals surface area contributed by atoms with Gasteiger partial charge in [-0.3, -0.25) is 4.79 Å². The fourth-order valence-corrected chi connectivity index (χ4v) is 6.04. The summed E-state index contributed by atoms with van der Waals surface area (Å²) in [5.41, 5.74) is 0. The maximum absolute atomic E-state index is 12.4. The highest BCUT2D eigenvalue weighted by Crippen LogP contribution is 2.13. The van der Waals surface area contributed by atoms with Crippen LogP contribution in [0.25, 0.3) is 0 Å². The monoisotopic (exact) mass is 710 g/mol. The molecule has 0 heterocycles. The van der Waals surface area contributed by atoms with E-state index in [1.165, 1.54) is 128 Å². The minimum Gasteiger partial charge on any atom is -0.394 e. The number of amides is 1. The first kappa shape index (κ1) is 48.8. The Morgan fingerprint density at radius 3 is 1.29 bits per heavy atom. The molecule has 0 aliphatic rings. The van der Waals surface area contributed by atoms with E-state index in [4.69, 9.17) is 0 Å². The van der Waals surface area contributed by atoms with Crippen LogP contribution in [0.4, 0.5) is 0 Å². The molecule has 0 saturated heterocycles. The second-order valence-electron chi connectivity index (χ2n) is 14.4. The lowest BCUT2D eigenvalue weighted by Gasteiger charge is -2.19. The van der Waals surface area contributed by atoms with Gasteiger partial charge in [-0.2, -0.15) is 0 Å². The lowest BCUT2D eigenvalue weighted by molar-refractivity contribution is -0.123. The summed E-state index contributed by atoms with van der Waals surface area (Å²) in [6.07, 6.45) is 60.0. The van der Waals surface area contributed by atoms with Gasteiger partial charge in [-0.25, -0.2) is 0 Å².